The first-order chi connectivity index (χ1) is 13.7. The van der Waals surface area contributed by atoms with Crippen LogP contribution in [0.25, 0.3) is 0 Å². The molecule has 6 heteroatoms. The smallest absolute Gasteiger partial charge is 0.191 e. The van der Waals surface area contributed by atoms with E-state index in [0.717, 1.165) is 71.2 Å². The summed E-state index contributed by atoms with van der Waals surface area (Å²) in [6.45, 7) is 10.3. The molecule has 2 aliphatic heterocycles. The second kappa shape index (κ2) is 11.3. The number of hydrogen-bond donors (Lipinski definition) is 2. The number of anilines is 1. The lowest BCUT2D eigenvalue weighted by atomic mass is 10.2. The maximum atomic E-state index is 5.72. The van der Waals surface area contributed by atoms with Crippen LogP contribution in [0.2, 0.25) is 0 Å². The fourth-order valence-electron chi connectivity index (χ4n) is 3.73. The number of aliphatic imine (C=N–C) groups is 1. The van der Waals surface area contributed by atoms with Gasteiger partial charge >= 0.3 is 0 Å². The van der Waals surface area contributed by atoms with Crippen molar-refractivity contribution >= 4 is 11.6 Å². The van der Waals surface area contributed by atoms with Gasteiger partial charge < -0.3 is 25.0 Å². The Morgan fingerprint density at radius 2 is 2.14 bits per heavy atom. The minimum absolute atomic E-state index is 0.307. The molecule has 0 spiro atoms. The van der Waals surface area contributed by atoms with E-state index in [-0.39, 0.29) is 0 Å². The minimum atomic E-state index is 0.307. The molecule has 3 rings (SSSR count). The molecule has 2 fully saturated rings. The SMILES string of the molecule is CCNC(=NCCCOCC1CCCO1)NC1CCN(c2ccc(C)cc2)C1. The molecule has 0 aliphatic carbocycles. The molecule has 28 heavy (non-hydrogen) atoms. The first-order valence-electron chi connectivity index (χ1n) is 10.8. The van der Waals surface area contributed by atoms with Crippen LogP contribution in [-0.4, -0.2) is 64.1 Å². The molecular weight excluding hydrogens is 352 g/mol. The average Bonchev–Trinajstić information content (AvgIpc) is 3.37. The summed E-state index contributed by atoms with van der Waals surface area (Å²) in [4.78, 5) is 7.16. The van der Waals surface area contributed by atoms with E-state index in [1.807, 2.05) is 0 Å². The van der Waals surface area contributed by atoms with Crippen LogP contribution in [0, 0.1) is 6.92 Å². The first kappa shape index (κ1) is 20.9. The zero-order valence-corrected chi connectivity index (χ0v) is 17.5. The van der Waals surface area contributed by atoms with Gasteiger partial charge in [0, 0.05) is 51.1 Å². The Hall–Kier alpha value is -1.79. The molecule has 1 aromatic carbocycles. The summed E-state index contributed by atoms with van der Waals surface area (Å²) in [5.41, 5.74) is 2.61. The topological polar surface area (TPSA) is 58.1 Å². The minimum Gasteiger partial charge on any atom is -0.379 e. The molecule has 2 unspecified atom stereocenters. The molecule has 1 aromatic rings. The van der Waals surface area contributed by atoms with Crippen LogP contribution in [-0.2, 0) is 9.47 Å². The van der Waals surface area contributed by atoms with Gasteiger partial charge in [0.25, 0.3) is 0 Å². The lowest BCUT2D eigenvalue weighted by Gasteiger charge is -2.20. The van der Waals surface area contributed by atoms with Crippen molar-refractivity contribution < 1.29 is 9.47 Å². The molecular formula is C22H36N4O2. The predicted octanol–water partition coefficient (Wildman–Crippen LogP) is 2.71. The third-order valence-electron chi connectivity index (χ3n) is 5.32. The van der Waals surface area contributed by atoms with Gasteiger partial charge in [-0.25, -0.2) is 0 Å². The molecule has 2 aliphatic rings. The first-order valence-corrected chi connectivity index (χ1v) is 10.8. The van der Waals surface area contributed by atoms with E-state index in [1.54, 1.807) is 0 Å². The molecule has 0 bridgehead atoms. The number of hydrogen-bond acceptors (Lipinski definition) is 4. The molecule has 0 radical (unpaired) electrons. The normalized spacial score (nSPS) is 22.6. The van der Waals surface area contributed by atoms with Gasteiger partial charge in [-0.15, -0.1) is 0 Å². The van der Waals surface area contributed by atoms with Crippen LogP contribution in [0.4, 0.5) is 5.69 Å². The number of guanidine groups is 1. The van der Waals surface area contributed by atoms with Crippen molar-refractivity contribution in [2.45, 2.75) is 51.7 Å². The Kier molecular flexibility index (Phi) is 8.42. The third kappa shape index (κ3) is 6.67. The summed E-state index contributed by atoms with van der Waals surface area (Å²) in [7, 11) is 0. The van der Waals surface area contributed by atoms with Crippen molar-refractivity contribution in [2.24, 2.45) is 4.99 Å². The highest BCUT2D eigenvalue weighted by Crippen LogP contribution is 2.20. The standard InChI is InChI=1S/C22H36N4O2/c1-3-23-22(24-12-5-14-27-17-21-6-4-15-28-21)25-19-11-13-26(16-19)20-9-7-18(2)8-10-20/h7-10,19,21H,3-6,11-17H2,1-2H3,(H2,23,24,25). The fourth-order valence-corrected chi connectivity index (χ4v) is 3.73. The maximum absolute atomic E-state index is 5.72. The Bertz CT molecular complexity index is 599. The van der Waals surface area contributed by atoms with Gasteiger partial charge in [-0.1, -0.05) is 17.7 Å². The van der Waals surface area contributed by atoms with E-state index in [0.29, 0.717) is 12.1 Å². The summed E-state index contributed by atoms with van der Waals surface area (Å²) in [6, 6.07) is 9.22. The van der Waals surface area contributed by atoms with Crippen molar-refractivity contribution in [3.05, 3.63) is 29.8 Å². The summed E-state index contributed by atoms with van der Waals surface area (Å²) in [5.74, 6) is 0.914. The fraction of sp³-hybridized carbons (Fsp3) is 0.682. The van der Waals surface area contributed by atoms with E-state index in [2.05, 4.69) is 53.6 Å². The molecule has 0 saturated carbocycles. The third-order valence-corrected chi connectivity index (χ3v) is 5.32. The van der Waals surface area contributed by atoms with E-state index >= 15 is 0 Å². The van der Waals surface area contributed by atoms with Crippen LogP contribution in [0.3, 0.4) is 0 Å². The van der Waals surface area contributed by atoms with E-state index < -0.39 is 0 Å². The van der Waals surface area contributed by atoms with Crippen LogP contribution in [0.15, 0.2) is 29.3 Å². The number of nitrogens with one attached hydrogen (secondary N) is 2. The average molecular weight is 389 g/mol. The quantitative estimate of drug-likeness (QED) is 0.387. The highest BCUT2D eigenvalue weighted by molar-refractivity contribution is 5.80. The zero-order valence-electron chi connectivity index (χ0n) is 17.5. The zero-order chi connectivity index (χ0) is 19.6. The van der Waals surface area contributed by atoms with Crippen LogP contribution >= 0.6 is 0 Å². The Morgan fingerprint density at radius 3 is 2.89 bits per heavy atom. The molecule has 2 atom stereocenters. The highest BCUT2D eigenvalue weighted by Gasteiger charge is 2.23. The number of aryl methyl sites for hydroxylation is 1. The number of nitrogens with zero attached hydrogens (tertiary/aromatic N) is 2. The van der Waals surface area contributed by atoms with Gasteiger partial charge in [-0.3, -0.25) is 4.99 Å². The van der Waals surface area contributed by atoms with Crippen molar-refractivity contribution in [3.63, 3.8) is 0 Å². The summed E-state index contributed by atoms with van der Waals surface area (Å²) in [5, 5.41) is 6.97. The molecule has 6 nitrogen and oxygen atoms in total. The van der Waals surface area contributed by atoms with Gasteiger partial charge in [-0.2, -0.15) is 0 Å². The molecule has 2 N–H and O–H groups in total. The molecule has 0 amide bonds. The van der Waals surface area contributed by atoms with E-state index in [1.165, 1.54) is 17.7 Å². The van der Waals surface area contributed by atoms with Crippen LogP contribution in [0.5, 0.6) is 0 Å². The number of benzene rings is 1. The van der Waals surface area contributed by atoms with Crippen molar-refractivity contribution in [1.29, 1.82) is 0 Å². The summed E-state index contributed by atoms with van der Waals surface area (Å²) in [6.07, 6.45) is 4.67. The summed E-state index contributed by atoms with van der Waals surface area (Å²) >= 11 is 0. The van der Waals surface area contributed by atoms with Gasteiger partial charge in [0.15, 0.2) is 5.96 Å². The summed E-state index contributed by atoms with van der Waals surface area (Å²) < 4.78 is 11.3. The highest BCUT2D eigenvalue weighted by atomic mass is 16.5. The lowest BCUT2D eigenvalue weighted by molar-refractivity contribution is 0.0171. The Morgan fingerprint density at radius 1 is 1.29 bits per heavy atom. The van der Waals surface area contributed by atoms with Crippen LogP contribution in [0.1, 0.15) is 38.2 Å². The molecule has 2 heterocycles. The van der Waals surface area contributed by atoms with Gasteiger partial charge in [-0.05, 0) is 51.7 Å². The number of ether oxygens (including phenoxy) is 2. The van der Waals surface area contributed by atoms with Crippen molar-refractivity contribution in [1.82, 2.24) is 10.6 Å². The van der Waals surface area contributed by atoms with E-state index in [4.69, 9.17) is 14.5 Å². The maximum Gasteiger partial charge on any atom is 0.191 e. The monoisotopic (exact) mass is 388 g/mol. The van der Waals surface area contributed by atoms with Crippen LogP contribution < -0.4 is 15.5 Å². The largest absolute Gasteiger partial charge is 0.379 e. The van der Waals surface area contributed by atoms with Gasteiger partial charge in [0.1, 0.15) is 0 Å². The van der Waals surface area contributed by atoms with Crippen molar-refractivity contribution in [2.75, 3.05) is 50.9 Å². The van der Waals surface area contributed by atoms with Gasteiger partial charge in [0.2, 0.25) is 0 Å². The second-order valence-corrected chi connectivity index (χ2v) is 7.74. The predicted molar refractivity (Wildman–Crippen MR) is 115 cm³/mol. The van der Waals surface area contributed by atoms with Gasteiger partial charge in [0.05, 0.1) is 12.7 Å². The second-order valence-electron chi connectivity index (χ2n) is 7.74. The molecule has 0 aromatic heterocycles. The number of rotatable bonds is 9. The Labute approximate surface area is 169 Å². The molecule has 156 valence electrons. The Balaban J connectivity index is 1.37. The molecule has 2 saturated heterocycles. The lowest BCUT2D eigenvalue weighted by Crippen LogP contribution is -2.44. The van der Waals surface area contributed by atoms with E-state index in [9.17, 15) is 0 Å². The van der Waals surface area contributed by atoms with Crippen molar-refractivity contribution in [3.8, 4) is 0 Å².